The highest BCUT2D eigenvalue weighted by Crippen LogP contribution is 2.33. The number of rotatable bonds is 3. The molecule has 0 unspecified atom stereocenters. The summed E-state index contributed by atoms with van der Waals surface area (Å²) in [5, 5.41) is 0. The molecule has 0 heterocycles. The predicted molar refractivity (Wildman–Crippen MR) is 72.7 cm³/mol. The molecule has 0 radical (unpaired) electrons. The molecule has 0 saturated carbocycles. The number of halogens is 1. The van der Waals surface area contributed by atoms with Gasteiger partial charge in [-0.1, -0.05) is 28.1 Å². The Bertz CT molecular complexity index is 523. The Labute approximate surface area is 109 Å². The van der Waals surface area contributed by atoms with Crippen LogP contribution in [0.25, 0.3) is 11.1 Å². The zero-order chi connectivity index (χ0) is 12.3. The number of benzene rings is 2. The van der Waals surface area contributed by atoms with Crippen LogP contribution < -0.4 is 9.47 Å². The first-order valence-corrected chi connectivity index (χ1v) is 6.02. The van der Waals surface area contributed by atoms with Crippen LogP contribution in [-0.2, 0) is 0 Å². The van der Waals surface area contributed by atoms with E-state index in [9.17, 15) is 0 Å². The van der Waals surface area contributed by atoms with Gasteiger partial charge in [0.15, 0.2) is 0 Å². The highest BCUT2D eigenvalue weighted by atomic mass is 79.9. The van der Waals surface area contributed by atoms with Gasteiger partial charge < -0.3 is 9.47 Å². The number of methoxy groups -OCH3 is 2. The van der Waals surface area contributed by atoms with E-state index in [-0.39, 0.29) is 0 Å². The second-order valence-electron chi connectivity index (χ2n) is 3.58. The molecule has 0 aliphatic rings. The van der Waals surface area contributed by atoms with E-state index >= 15 is 0 Å². The van der Waals surface area contributed by atoms with Crippen LogP contribution in [0.1, 0.15) is 0 Å². The van der Waals surface area contributed by atoms with Crippen molar-refractivity contribution in [2.45, 2.75) is 0 Å². The summed E-state index contributed by atoms with van der Waals surface area (Å²) < 4.78 is 11.6. The standard InChI is InChI=1S/C14H13BrO2/c1-16-12-5-3-4-10(8-12)13-7-6-11(15)9-14(13)17-2/h3-9H,1-2H3. The molecular weight excluding hydrogens is 280 g/mol. The van der Waals surface area contributed by atoms with E-state index in [0.29, 0.717) is 0 Å². The van der Waals surface area contributed by atoms with Crippen molar-refractivity contribution in [3.63, 3.8) is 0 Å². The molecule has 88 valence electrons. The largest absolute Gasteiger partial charge is 0.497 e. The van der Waals surface area contributed by atoms with Crippen LogP contribution in [0.15, 0.2) is 46.9 Å². The summed E-state index contributed by atoms with van der Waals surface area (Å²) in [6.45, 7) is 0. The monoisotopic (exact) mass is 292 g/mol. The summed E-state index contributed by atoms with van der Waals surface area (Å²) in [4.78, 5) is 0. The lowest BCUT2D eigenvalue weighted by molar-refractivity contribution is 0.413. The molecule has 0 aliphatic carbocycles. The van der Waals surface area contributed by atoms with E-state index in [4.69, 9.17) is 9.47 Å². The van der Waals surface area contributed by atoms with Gasteiger partial charge in [-0.2, -0.15) is 0 Å². The van der Waals surface area contributed by atoms with Gasteiger partial charge >= 0.3 is 0 Å². The van der Waals surface area contributed by atoms with Crippen molar-refractivity contribution in [1.29, 1.82) is 0 Å². The van der Waals surface area contributed by atoms with Crippen molar-refractivity contribution >= 4 is 15.9 Å². The van der Waals surface area contributed by atoms with E-state index in [0.717, 1.165) is 27.1 Å². The predicted octanol–water partition coefficient (Wildman–Crippen LogP) is 4.13. The van der Waals surface area contributed by atoms with Gasteiger partial charge in [0.25, 0.3) is 0 Å². The molecule has 0 saturated heterocycles. The minimum atomic E-state index is 0.840. The normalized spacial score (nSPS) is 10.1. The number of hydrogen-bond donors (Lipinski definition) is 0. The molecule has 2 aromatic carbocycles. The molecule has 0 spiro atoms. The average molecular weight is 293 g/mol. The Hall–Kier alpha value is -1.48. The summed E-state index contributed by atoms with van der Waals surface area (Å²) in [5.41, 5.74) is 2.13. The molecule has 0 N–H and O–H groups in total. The second-order valence-corrected chi connectivity index (χ2v) is 4.49. The zero-order valence-electron chi connectivity index (χ0n) is 9.74. The summed E-state index contributed by atoms with van der Waals surface area (Å²) in [6.07, 6.45) is 0. The zero-order valence-corrected chi connectivity index (χ0v) is 11.3. The van der Waals surface area contributed by atoms with Gasteiger partial charge in [0.05, 0.1) is 14.2 Å². The van der Waals surface area contributed by atoms with Crippen LogP contribution >= 0.6 is 15.9 Å². The van der Waals surface area contributed by atoms with Gasteiger partial charge in [0.2, 0.25) is 0 Å². The van der Waals surface area contributed by atoms with E-state index in [1.807, 2.05) is 42.5 Å². The first kappa shape index (κ1) is 12.0. The molecule has 0 bridgehead atoms. The average Bonchev–Trinajstić information content (AvgIpc) is 2.38. The second kappa shape index (κ2) is 5.23. The van der Waals surface area contributed by atoms with Crippen LogP contribution in [0.3, 0.4) is 0 Å². The van der Waals surface area contributed by atoms with Gasteiger partial charge in [-0.15, -0.1) is 0 Å². The van der Waals surface area contributed by atoms with Crippen molar-refractivity contribution < 1.29 is 9.47 Å². The third-order valence-electron chi connectivity index (χ3n) is 2.54. The van der Waals surface area contributed by atoms with Crippen LogP contribution in [0.5, 0.6) is 11.5 Å². The smallest absolute Gasteiger partial charge is 0.127 e. The Kier molecular flexibility index (Phi) is 3.69. The maximum atomic E-state index is 5.38. The van der Waals surface area contributed by atoms with Gasteiger partial charge in [0.1, 0.15) is 11.5 Å². The first-order valence-electron chi connectivity index (χ1n) is 5.22. The van der Waals surface area contributed by atoms with Crippen LogP contribution in [0, 0.1) is 0 Å². The Balaban J connectivity index is 2.51. The van der Waals surface area contributed by atoms with Crippen LogP contribution in [0.2, 0.25) is 0 Å². The molecule has 0 amide bonds. The van der Waals surface area contributed by atoms with E-state index in [2.05, 4.69) is 15.9 Å². The van der Waals surface area contributed by atoms with Gasteiger partial charge in [-0.05, 0) is 35.9 Å². The van der Waals surface area contributed by atoms with Crippen molar-refractivity contribution in [3.05, 3.63) is 46.9 Å². The minimum Gasteiger partial charge on any atom is -0.497 e. The first-order chi connectivity index (χ1) is 8.24. The maximum absolute atomic E-state index is 5.38. The van der Waals surface area contributed by atoms with E-state index < -0.39 is 0 Å². The quantitative estimate of drug-likeness (QED) is 0.847. The number of hydrogen-bond acceptors (Lipinski definition) is 2. The highest BCUT2D eigenvalue weighted by Gasteiger charge is 2.06. The molecule has 0 aliphatic heterocycles. The lowest BCUT2D eigenvalue weighted by Crippen LogP contribution is -1.89. The van der Waals surface area contributed by atoms with Crippen molar-refractivity contribution in [2.75, 3.05) is 14.2 Å². The Morgan fingerprint density at radius 3 is 2.47 bits per heavy atom. The van der Waals surface area contributed by atoms with Crippen molar-refractivity contribution in [2.24, 2.45) is 0 Å². The molecule has 3 heteroatoms. The fourth-order valence-corrected chi connectivity index (χ4v) is 2.03. The topological polar surface area (TPSA) is 18.5 Å². The molecule has 17 heavy (non-hydrogen) atoms. The summed E-state index contributed by atoms with van der Waals surface area (Å²) >= 11 is 3.43. The van der Waals surface area contributed by atoms with Gasteiger partial charge in [-0.25, -0.2) is 0 Å². The molecular formula is C14H13BrO2. The van der Waals surface area contributed by atoms with Gasteiger partial charge in [-0.3, -0.25) is 0 Å². The minimum absolute atomic E-state index is 0.840. The van der Waals surface area contributed by atoms with Crippen LogP contribution in [0.4, 0.5) is 0 Å². The SMILES string of the molecule is COc1cccc(-c2ccc(Br)cc2OC)c1. The third-order valence-corrected chi connectivity index (χ3v) is 3.04. The number of ether oxygens (including phenoxy) is 2. The Morgan fingerprint density at radius 1 is 0.941 bits per heavy atom. The lowest BCUT2D eigenvalue weighted by atomic mass is 10.0. The molecule has 2 nitrogen and oxygen atoms in total. The Morgan fingerprint density at radius 2 is 1.76 bits per heavy atom. The lowest BCUT2D eigenvalue weighted by Gasteiger charge is -2.10. The highest BCUT2D eigenvalue weighted by molar-refractivity contribution is 9.10. The third kappa shape index (κ3) is 2.61. The molecule has 2 rings (SSSR count). The molecule has 0 aromatic heterocycles. The molecule has 2 aromatic rings. The fourth-order valence-electron chi connectivity index (χ4n) is 1.69. The van der Waals surface area contributed by atoms with Crippen molar-refractivity contribution in [1.82, 2.24) is 0 Å². The van der Waals surface area contributed by atoms with Crippen LogP contribution in [-0.4, -0.2) is 14.2 Å². The van der Waals surface area contributed by atoms with Gasteiger partial charge in [0, 0.05) is 10.0 Å². The maximum Gasteiger partial charge on any atom is 0.127 e. The molecule has 0 fully saturated rings. The van der Waals surface area contributed by atoms with E-state index in [1.54, 1.807) is 14.2 Å². The van der Waals surface area contributed by atoms with Crippen molar-refractivity contribution in [3.8, 4) is 22.6 Å². The van der Waals surface area contributed by atoms with E-state index in [1.165, 1.54) is 0 Å². The molecule has 0 atom stereocenters. The summed E-state index contributed by atoms with van der Waals surface area (Å²) in [5.74, 6) is 1.68. The summed E-state index contributed by atoms with van der Waals surface area (Å²) in [7, 11) is 3.34. The summed E-state index contributed by atoms with van der Waals surface area (Å²) in [6, 6.07) is 13.9. The fraction of sp³-hybridized carbons (Fsp3) is 0.143.